The minimum Gasteiger partial charge on any atom is -0.256 e. The largest absolute Gasteiger partial charge is 0.256 e. The summed E-state index contributed by atoms with van der Waals surface area (Å²) in [5.41, 5.74) is 3.12. The van der Waals surface area contributed by atoms with Crippen molar-refractivity contribution in [1.29, 1.82) is 0 Å². The molecule has 0 N–H and O–H groups in total. The second-order valence-electron chi connectivity index (χ2n) is 6.49. The molecule has 1 heteroatoms. The van der Waals surface area contributed by atoms with E-state index in [4.69, 9.17) is 11.0 Å². The second kappa shape index (κ2) is 7.23. The fourth-order valence-corrected chi connectivity index (χ4v) is 2.87. The van der Waals surface area contributed by atoms with E-state index in [-0.39, 0.29) is 16.7 Å². The Bertz CT molecular complexity index is 1150. The molecule has 128 valence electrons. The standard InChI is InChI=1S/C24H27N/c1-16(2)11-21-13-24(25-15-19(21)5)23-14-22(17(3)12-18(23)4)20-9-7-6-8-10-20/h6-10,12-16H,11H2,1-5H3/i3D3,5D3,11D2. The third kappa shape index (κ3) is 3.82. The van der Waals surface area contributed by atoms with Crippen LogP contribution >= 0.6 is 0 Å². The normalized spacial score (nSPS) is 17.4. The van der Waals surface area contributed by atoms with Gasteiger partial charge in [-0.1, -0.05) is 50.2 Å². The summed E-state index contributed by atoms with van der Waals surface area (Å²) in [6.45, 7) is 0.335. The third-order valence-corrected chi connectivity index (χ3v) is 4.07. The lowest BCUT2D eigenvalue weighted by Gasteiger charge is -2.15. The zero-order chi connectivity index (χ0) is 24.8. The number of hydrogen-bond acceptors (Lipinski definition) is 1. The topological polar surface area (TPSA) is 12.9 Å². The van der Waals surface area contributed by atoms with Crippen LogP contribution in [0.3, 0.4) is 0 Å². The molecule has 0 spiro atoms. The van der Waals surface area contributed by atoms with Gasteiger partial charge in [-0.25, -0.2) is 0 Å². The van der Waals surface area contributed by atoms with E-state index in [9.17, 15) is 0 Å². The molecule has 0 aliphatic carbocycles. The summed E-state index contributed by atoms with van der Waals surface area (Å²) < 4.78 is 64.7. The third-order valence-electron chi connectivity index (χ3n) is 4.07. The van der Waals surface area contributed by atoms with Gasteiger partial charge in [0.1, 0.15) is 0 Å². The summed E-state index contributed by atoms with van der Waals surface area (Å²) in [6, 6.07) is 14.0. The maximum Gasteiger partial charge on any atom is 0.0707 e. The quantitative estimate of drug-likeness (QED) is 0.527. The molecule has 2 aromatic carbocycles. The molecule has 0 amide bonds. The molecule has 3 rings (SSSR count). The van der Waals surface area contributed by atoms with E-state index >= 15 is 0 Å². The first-order chi connectivity index (χ1) is 15.1. The first kappa shape index (κ1) is 9.91. The molecule has 1 aromatic heterocycles. The molecular weight excluding hydrogens is 302 g/mol. The Kier molecular flexibility index (Phi) is 2.87. The molecule has 1 nitrogen and oxygen atoms in total. The van der Waals surface area contributed by atoms with Crippen LogP contribution in [0.25, 0.3) is 22.4 Å². The van der Waals surface area contributed by atoms with E-state index < -0.39 is 26.0 Å². The molecule has 0 aliphatic rings. The zero-order valence-electron chi connectivity index (χ0n) is 22.7. The summed E-state index contributed by atoms with van der Waals surface area (Å²) in [7, 11) is 0. The number of benzene rings is 2. The summed E-state index contributed by atoms with van der Waals surface area (Å²) in [6.07, 6.45) is -0.673. The number of aryl methyl sites for hydroxylation is 3. The molecule has 0 radical (unpaired) electrons. The molecule has 1 heterocycles. The van der Waals surface area contributed by atoms with Gasteiger partial charge in [-0.2, -0.15) is 0 Å². The predicted octanol–water partition coefficient (Wildman–Crippen LogP) is 6.54. The molecule has 0 saturated carbocycles. The van der Waals surface area contributed by atoms with Gasteiger partial charge in [0.2, 0.25) is 0 Å². The van der Waals surface area contributed by atoms with E-state index in [0.717, 1.165) is 5.56 Å². The van der Waals surface area contributed by atoms with Crippen LogP contribution in [-0.2, 0) is 6.37 Å². The fraction of sp³-hybridized carbons (Fsp3) is 0.292. The van der Waals surface area contributed by atoms with E-state index in [1.807, 2.05) is 30.3 Å². The molecule has 0 fully saturated rings. The maximum absolute atomic E-state index is 8.56. The Hall–Kier alpha value is -2.41. The maximum atomic E-state index is 8.56. The van der Waals surface area contributed by atoms with Crippen molar-refractivity contribution in [1.82, 2.24) is 4.98 Å². The van der Waals surface area contributed by atoms with Crippen molar-refractivity contribution in [2.24, 2.45) is 5.92 Å². The molecular formula is C24H27N. The van der Waals surface area contributed by atoms with Crippen LogP contribution in [0, 0.1) is 26.5 Å². The Balaban J connectivity index is 2.31. The minimum atomic E-state index is -2.52. The average molecular weight is 338 g/mol. The molecule has 0 saturated heterocycles. The monoisotopic (exact) mass is 337 g/mol. The van der Waals surface area contributed by atoms with Gasteiger partial charge in [-0.05, 0) is 78.4 Å². The van der Waals surface area contributed by atoms with Gasteiger partial charge >= 0.3 is 0 Å². The SMILES string of the molecule is [2H]C([2H])([2H])c1cc(C)c(-c2cc(C([2H])([2H])C(C)C)c(C([2H])([2H])[2H])cn2)cc1-c1ccccc1. The van der Waals surface area contributed by atoms with E-state index in [1.54, 1.807) is 32.9 Å². The lowest BCUT2D eigenvalue weighted by atomic mass is 9.92. The number of nitrogens with zero attached hydrogens (tertiary/aromatic N) is 1. The van der Waals surface area contributed by atoms with Crippen LogP contribution in [-0.4, -0.2) is 4.98 Å². The van der Waals surface area contributed by atoms with Crippen LogP contribution in [0.15, 0.2) is 54.7 Å². The second-order valence-corrected chi connectivity index (χ2v) is 6.49. The summed E-state index contributed by atoms with van der Waals surface area (Å²) >= 11 is 0. The Labute approximate surface area is 163 Å². The fourth-order valence-electron chi connectivity index (χ4n) is 2.87. The van der Waals surface area contributed by atoms with E-state index in [1.165, 1.54) is 12.3 Å². The number of hydrogen-bond donors (Lipinski definition) is 0. The lowest BCUT2D eigenvalue weighted by molar-refractivity contribution is 0.644. The lowest BCUT2D eigenvalue weighted by Crippen LogP contribution is -2.00. The van der Waals surface area contributed by atoms with Gasteiger partial charge in [0.15, 0.2) is 0 Å². The van der Waals surface area contributed by atoms with Crippen molar-refractivity contribution < 1.29 is 11.0 Å². The predicted molar refractivity (Wildman–Crippen MR) is 108 cm³/mol. The highest BCUT2D eigenvalue weighted by Gasteiger charge is 2.11. The van der Waals surface area contributed by atoms with Crippen molar-refractivity contribution in [2.45, 2.75) is 40.8 Å². The molecule has 0 atom stereocenters. The van der Waals surface area contributed by atoms with Gasteiger partial charge in [0.05, 0.1) is 5.69 Å². The molecule has 0 aliphatic heterocycles. The highest BCUT2D eigenvalue weighted by molar-refractivity contribution is 5.76. The Morgan fingerprint density at radius 2 is 1.72 bits per heavy atom. The average Bonchev–Trinajstić information content (AvgIpc) is 2.72. The highest BCUT2D eigenvalue weighted by Crippen LogP contribution is 2.32. The number of rotatable bonds is 4. The molecule has 0 unspecified atom stereocenters. The Morgan fingerprint density at radius 1 is 0.960 bits per heavy atom. The van der Waals surface area contributed by atoms with Gasteiger partial charge in [-0.15, -0.1) is 0 Å². The van der Waals surface area contributed by atoms with Crippen molar-refractivity contribution in [2.75, 3.05) is 0 Å². The molecule has 0 bridgehead atoms. The van der Waals surface area contributed by atoms with Gasteiger partial charge < -0.3 is 0 Å². The van der Waals surface area contributed by atoms with Crippen LogP contribution in [0.2, 0.25) is 0 Å². The van der Waals surface area contributed by atoms with Crippen molar-refractivity contribution in [3.63, 3.8) is 0 Å². The summed E-state index contributed by atoms with van der Waals surface area (Å²) in [4.78, 5) is 4.37. The van der Waals surface area contributed by atoms with Crippen LogP contribution in [0.1, 0.15) is 47.1 Å². The van der Waals surface area contributed by atoms with Gasteiger partial charge in [-0.3, -0.25) is 4.98 Å². The highest BCUT2D eigenvalue weighted by atomic mass is 14.7. The number of aromatic nitrogens is 1. The van der Waals surface area contributed by atoms with Crippen molar-refractivity contribution in [3.8, 4) is 22.4 Å². The number of pyridine rings is 1. The van der Waals surface area contributed by atoms with Crippen LogP contribution in [0.4, 0.5) is 0 Å². The van der Waals surface area contributed by atoms with Gasteiger partial charge in [0.25, 0.3) is 0 Å². The first-order valence-electron chi connectivity index (χ1n) is 12.4. The van der Waals surface area contributed by atoms with Crippen LogP contribution in [0.5, 0.6) is 0 Å². The van der Waals surface area contributed by atoms with E-state index in [2.05, 4.69) is 4.98 Å². The summed E-state index contributed by atoms with van der Waals surface area (Å²) in [5.74, 6) is -0.465. The summed E-state index contributed by atoms with van der Waals surface area (Å²) in [5, 5.41) is 0. The van der Waals surface area contributed by atoms with Crippen LogP contribution < -0.4 is 0 Å². The van der Waals surface area contributed by atoms with E-state index in [0.29, 0.717) is 22.4 Å². The Morgan fingerprint density at radius 3 is 2.40 bits per heavy atom. The molecule has 25 heavy (non-hydrogen) atoms. The smallest absolute Gasteiger partial charge is 0.0707 e. The van der Waals surface area contributed by atoms with Gasteiger partial charge in [0, 0.05) is 22.7 Å². The zero-order valence-corrected chi connectivity index (χ0v) is 14.7. The molecule has 3 aromatic rings. The minimum absolute atomic E-state index is 0.0723. The van der Waals surface area contributed by atoms with Crippen molar-refractivity contribution in [3.05, 3.63) is 77.0 Å². The van der Waals surface area contributed by atoms with Crippen molar-refractivity contribution >= 4 is 0 Å². The first-order valence-corrected chi connectivity index (χ1v) is 8.36.